The van der Waals surface area contributed by atoms with Gasteiger partial charge in [-0.3, -0.25) is 4.90 Å². The summed E-state index contributed by atoms with van der Waals surface area (Å²) in [6.45, 7) is 4.92. The number of carbonyl (C=O) groups is 1. The summed E-state index contributed by atoms with van der Waals surface area (Å²) in [4.78, 5) is 30.2. The van der Waals surface area contributed by atoms with E-state index in [0.717, 1.165) is 22.9 Å². The van der Waals surface area contributed by atoms with E-state index in [1.54, 1.807) is 12.3 Å². The second-order valence-corrected chi connectivity index (χ2v) is 6.92. The predicted octanol–water partition coefficient (Wildman–Crippen LogP) is 3.61. The van der Waals surface area contributed by atoms with Crippen molar-refractivity contribution < 1.29 is 14.1 Å². The molecule has 10 nitrogen and oxygen atoms in total. The number of cyclic esters (lactones) is 1. The van der Waals surface area contributed by atoms with Gasteiger partial charge in [0.05, 0.1) is 18.5 Å². The number of rotatable bonds is 6. The topological polar surface area (TPSA) is 122 Å². The smallest absolute Gasteiger partial charge is 0.415 e. The lowest BCUT2D eigenvalue weighted by Crippen LogP contribution is -2.38. The Morgan fingerprint density at radius 3 is 2.87 bits per heavy atom. The van der Waals surface area contributed by atoms with Crippen molar-refractivity contribution in [2.75, 3.05) is 23.4 Å². The number of amides is 1. The van der Waals surface area contributed by atoms with Crippen LogP contribution in [0.1, 0.15) is 17.9 Å². The molecule has 0 unspecified atom stereocenters. The van der Waals surface area contributed by atoms with E-state index in [9.17, 15) is 4.79 Å². The summed E-state index contributed by atoms with van der Waals surface area (Å²) >= 11 is 0. The molecule has 0 bridgehead atoms. The van der Waals surface area contributed by atoms with Gasteiger partial charge in [-0.2, -0.15) is 15.0 Å². The van der Waals surface area contributed by atoms with Crippen LogP contribution in [-0.4, -0.2) is 44.3 Å². The van der Waals surface area contributed by atoms with Gasteiger partial charge in [-0.1, -0.05) is 42.1 Å². The average molecular weight is 417 g/mol. The summed E-state index contributed by atoms with van der Waals surface area (Å²) < 4.78 is 10.5. The van der Waals surface area contributed by atoms with Crippen LogP contribution in [-0.2, 0) is 11.3 Å². The highest BCUT2D eigenvalue weighted by Gasteiger charge is 2.25. The molecule has 31 heavy (non-hydrogen) atoms. The molecular formula is C21H19N7O3. The van der Waals surface area contributed by atoms with Crippen LogP contribution >= 0.6 is 0 Å². The highest BCUT2D eigenvalue weighted by atomic mass is 16.6. The number of H-pyrrole nitrogens is 1. The van der Waals surface area contributed by atoms with Gasteiger partial charge in [0.2, 0.25) is 17.7 Å². The van der Waals surface area contributed by atoms with Gasteiger partial charge in [-0.25, -0.2) is 4.79 Å². The Morgan fingerprint density at radius 1 is 1.19 bits per heavy atom. The Kier molecular flexibility index (Phi) is 4.79. The molecule has 2 N–H and O–H groups in total. The van der Waals surface area contributed by atoms with Crippen LogP contribution in [0.4, 0.5) is 16.6 Å². The molecule has 0 radical (unpaired) electrons. The maximum Gasteiger partial charge on any atom is 0.415 e. The quantitative estimate of drug-likeness (QED) is 0.488. The fourth-order valence-corrected chi connectivity index (χ4v) is 3.32. The van der Waals surface area contributed by atoms with Crippen molar-refractivity contribution in [2.45, 2.75) is 13.0 Å². The van der Waals surface area contributed by atoms with Crippen LogP contribution in [0.25, 0.3) is 28.5 Å². The minimum absolute atomic E-state index is 0.230. The van der Waals surface area contributed by atoms with Gasteiger partial charge >= 0.3 is 6.09 Å². The zero-order valence-corrected chi connectivity index (χ0v) is 16.5. The molecule has 0 saturated carbocycles. The number of hydrogen-bond acceptors (Lipinski definition) is 8. The Hall–Kier alpha value is -4.21. The number of nitrogens with one attached hydrogen (secondary N) is 2. The summed E-state index contributed by atoms with van der Waals surface area (Å²) in [7, 11) is 0. The first-order valence-corrected chi connectivity index (χ1v) is 9.80. The molecule has 156 valence electrons. The fourth-order valence-electron chi connectivity index (χ4n) is 3.32. The van der Waals surface area contributed by atoms with Crippen LogP contribution < -0.4 is 10.2 Å². The molecule has 1 aromatic carbocycles. The van der Waals surface area contributed by atoms with E-state index in [1.807, 2.05) is 30.3 Å². The number of hydrogen-bond donors (Lipinski definition) is 2. The first kappa shape index (κ1) is 18.8. The van der Waals surface area contributed by atoms with Crippen molar-refractivity contribution in [3.8, 4) is 11.4 Å². The maximum atomic E-state index is 12.2. The molecule has 1 saturated heterocycles. The Balaban J connectivity index is 1.36. The van der Waals surface area contributed by atoms with Crippen molar-refractivity contribution in [2.24, 2.45) is 0 Å². The van der Waals surface area contributed by atoms with E-state index in [4.69, 9.17) is 9.26 Å². The minimum Gasteiger partial charge on any atom is -0.449 e. The van der Waals surface area contributed by atoms with Crippen LogP contribution in [0.3, 0.4) is 0 Å². The van der Waals surface area contributed by atoms with Crippen molar-refractivity contribution >= 4 is 35.0 Å². The van der Waals surface area contributed by atoms with E-state index < -0.39 is 6.09 Å². The molecule has 1 aliphatic rings. The molecule has 4 aromatic rings. The molecule has 0 aliphatic carbocycles. The molecule has 5 rings (SSSR count). The Bertz CT molecular complexity index is 1250. The first-order valence-electron chi connectivity index (χ1n) is 9.80. The summed E-state index contributed by atoms with van der Waals surface area (Å²) in [6.07, 6.45) is 3.85. The van der Waals surface area contributed by atoms with Gasteiger partial charge in [0.1, 0.15) is 5.65 Å². The van der Waals surface area contributed by atoms with E-state index >= 15 is 0 Å². The van der Waals surface area contributed by atoms with Gasteiger partial charge in [0.25, 0.3) is 0 Å². The molecule has 3 aromatic heterocycles. The lowest BCUT2D eigenvalue weighted by molar-refractivity contribution is 0.140. The zero-order chi connectivity index (χ0) is 21.2. The highest BCUT2D eigenvalue weighted by Crippen LogP contribution is 2.27. The standard InChI is InChI=1S/C21H19N7O3/c1-2-13-4-6-14(7-5-13)17-24-16(31-27-17)12-23-20-25-18-15(8-9-22-18)19(26-20)28-10-3-11-30-21(28)29/h2,4-9H,1,3,10-12H2,(H2,22,23,25,26). The summed E-state index contributed by atoms with van der Waals surface area (Å²) in [5.74, 6) is 1.70. The van der Waals surface area contributed by atoms with Gasteiger partial charge in [-0.05, 0) is 18.1 Å². The third-order valence-electron chi connectivity index (χ3n) is 4.89. The van der Waals surface area contributed by atoms with Crippen molar-refractivity contribution in [1.29, 1.82) is 0 Å². The maximum absolute atomic E-state index is 12.2. The Morgan fingerprint density at radius 2 is 2.06 bits per heavy atom. The number of ether oxygens (including phenoxy) is 1. The van der Waals surface area contributed by atoms with E-state index in [2.05, 4.69) is 37.0 Å². The predicted molar refractivity (Wildman–Crippen MR) is 114 cm³/mol. The summed E-state index contributed by atoms with van der Waals surface area (Å²) in [6, 6.07) is 9.52. The SMILES string of the molecule is C=Cc1ccc(-c2noc(CNc3nc(N4CCCOC4=O)c4cc[nH]c4n3)n2)cc1. The number of benzene rings is 1. The zero-order valence-electron chi connectivity index (χ0n) is 16.5. The second-order valence-electron chi connectivity index (χ2n) is 6.92. The second kappa shape index (κ2) is 7.90. The van der Waals surface area contributed by atoms with Crippen LogP contribution in [0.5, 0.6) is 0 Å². The van der Waals surface area contributed by atoms with Crippen LogP contribution in [0.15, 0.2) is 47.6 Å². The molecule has 4 heterocycles. The molecule has 0 spiro atoms. The van der Waals surface area contributed by atoms with Gasteiger partial charge < -0.3 is 19.6 Å². The molecule has 10 heteroatoms. The highest BCUT2D eigenvalue weighted by molar-refractivity contribution is 5.98. The molecule has 1 amide bonds. The van der Waals surface area contributed by atoms with Crippen molar-refractivity contribution in [3.05, 3.63) is 54.6 Å². The Labute approximate surface area is 177 Å². The minimum atomic E-state index is -0.414. The number of fused-ring (bicyclic) bond motifs is 1. The number of carbonyl (C=O) groups excluding carboxylic acids is 1. The van der Waals surface area contributed by atoms with Crippen molar-refractivity contribution in [3.63, 3.8) is 0 Å². The van der Waals surface area contributed by atoms with E-state index in [-0.39, 0.29) is 6.54 Å². The van der Waals surface area contributed by atoms with Crippen LogP contribution in [0.2, 0.25) is 0 Å². The third-order valence-corrected chi connectivity index (χ3v) is 4.89. The monoisotopic (exact) mass is 417 g/mol. The number of aromatic amines is 1. The van der Waals surface area contributed by atoms with E-state index in [1.165, 1.54) is 4.90 Å². The number of nitrogens with zero attached hydrogens (tertiary/aromatic N) is 5. The molecule has 1 aliphatic heterocycles. The third kappa shape index (κ3) is 3.70. The van der Waals surface area contributed by atoms with Gasteiger partial charge in [-0.15, -0.1) is 0 Å². The van der Waals surface area contributed by atoms with Crippen molar-refractivity contribution in [1.82, 2.24) is 25.1 Å². The number of anilines is 2. The average Bonchev–Trinajstić information content (AvgIpc) is 3.47. The van der Waals surface area contributed by atoms with Gasteiger partial charge in [0, 0.05) is 18.3 Å². The number of aromatic nitrogens is 5. The lowest BCUT2D eigenvalue weighted by atomic mass is 10.1. The summed E-state index contributed by atoms with van der Waals surface area (Å²) in [5, 5.41) is 7.86. The molecule has 0 atom stereocenters. The van der Waals surface area contributed by atoms with Gasteiger partial charge in [0.15, 0.2) is 5.82 Å². The van der Waals surface area contributed by atoms with E-state index in [0.29, 0.717) is 42.3 Å². The largest absolute Gasteiger partial charge is 0.449 e. The van der Waals surface area contributed by atoms with Crippen LogP contribution in [0, 0.1) is 0 Å². The normalized spacial score (nSPS) is 13.9. The fraction of sp³-hybridized carbons (Fsp3) is 0.190. The molecule has 1 fully saturated rings. The lowest BCUT2D eigenvalue weighted by Gasteiger charge is -2.26. The first-order chi connectivity index (χ1) is 15.2. The molecular weight excluding hydrogens is 398 g/mol. The summed E-state index contributed by atoms with van der Waals surface area (Å²) in [5.41, 5.74) is 2.47.